The predicted octanol–water partition coefficient (Wildman–Crippen LogP) is 2.71. The Kier molecular flexibility index (Phi) is 2.74. The van der Waals surface area contributed by atoms with Gasteiger partial charge in [-0.05, 0) is 5.56 Å². The van der Waals surface area contributed by atoms with Crippen molar-refractivity contribution in [1.29, 1.82) is 0 Å². The van der Waals surface area contributed by atoms with Gasteiger partial charge in [-0.15, -0.1) is 0 Å². The molecule has 0 spiro atoms. The van der Waals surface area contributed by atoms with Crippen LogP contribution in [0.25, 0.3) is 11.1 Å². The van der Waals surface area contributed by atoms with Gasteiger partial charge in [0.1, 0.15) is 4.64 Å². The first-order valence-electron chi connectivity index (χ1n) is 4.46. The van der Waals surface area contributed by atoms with Crippen molar-refractivity contribution in [2.75, 3.05) is 0 Å². The van der Waals surface area contributed by atoms with Crippen molar-refractivity contribution in [3.8, 4) is 11.1 Å². The predicted molar refractivity (Wildman–Crippen MR) is 61.5 cm³/mol. The Morgan fingerprint density at radius 2 is 2.25 bits per heavy atom. The highest BCUT2D eigenvalue weighted by atomic mass is 32.1. The highest BCUT2D eigenvalue weighted by molar-refractivity contribution is 7.71. The molecule has 1 heterocycles. The third-order valence-electron chi connectivity index (χ3n) is 2.09. The van der Waals surface area contributed by atoms with Crippen LogP contribution in [0.1, 0.15) is 0 Å². The minimum absolute atomic E-state index is 0.0377. The minimum atomic E-state index is -0.438. The molecule has 0 saturated carbocycles. The number of aromatic amines is 1. The average Bonchev–Trinajstić information content (AvgIpc) is 2.30. The summed E-state index contributed by atoms with van der Waals surface area (Å²) in [6.07, 6.45) is 3.06. The Morgan fingerprint density at radius 3 is 2.94 bits per heavy atom. The number of benzene rings is 1. The molecule has 80 valence electrons. The Labute approximate surface area is 95.9 Å². The van der Waals surface area contributed by atoms with E-state index in [4.69, 9.17) is 12.2 Å². The van der Waals surface area contributed by atoms with Gasteiger partial charge in [0, 0.05) is 23.9 Å². The fourth-order valence-corrected chi connectivity index (χ4v) is 1.56. The third kappa shape index (κ3) is 1.96. The molecule has 16 heavy (non-hydrogen) atoms. The normalized spacial score (nSPS) is 10.0. The lowest BCUT2D eigenvalue weighted by atomic mass is 10.1. The van der Waals surface area contributed by atoms with Crippen LogP contribution in [-0.2, 0) is 0 Å². The minimum Gasteiger partial charge on any atom is -0.337 e. The van der Waals surface area contributed by atoms with Crippen LogP contribution in [-0.4, -0.2) is 14.9 Å². The molecule has 1 N–H and O–H groups in total. The van der Waals surface area contributed by atoms with Crippen LogP contribution in [0.2, 0.25) is 0 Å². The second-order valence-corrected chi connectivity index (χ2v) is 3.51. The molecule has 6 heteroatoms. The van der Waals surface area contributed by atoms with Crippen molar-refractivity contribution in [3.05, 3.63) is 51.5 Å². The Hall–Kier alpha value is -2.08. The molecule has 2 rings (SSSR count). The molecule has 0 fully saturated rings. The van der Waals surface area contributed by atoms with Gasteiger partial charge in [-0.25, -0.2) is 4.98 Å². The molecule has 0 saturated heterocycles. The SMILES string of the molecule is O=[N+]([O-])c1cccc(-c2cnc[nH]c2=S)c1. The first kappa shape index (κ1) is 10.4. The largest absolute Gasteiger partial charge is 0.337 e. The maximum absolute atomic E-state index is 10.6. The number of hydrogen-bond acceptors (Lipinski definition) is 4. The number of hydrogen-bond donors (Lipinski definition) is 1. The van der Waals surface area contributed by atoms with E-state index in [1.165, 1.54) is 18.5 Å². The number of non-ortho nitro benzene ring substituents is 1. The van der Waals surface area contributed by atoms with E-state index < -0.39 is 4.92 Å². The molecule has 1 aromatic heterocycles. The molecule has 5 nitrogen and oxygen atoms in total. The summed E-state index contributed by atoms with van der Waals surface area (Å²) in [6, 6.07) is 6.29. The van der Waals surface area contributed by atoms with E-state index in [2.05, 4.69) is 9.97 Å². The van der Waals surface area contributed by atoms with Gasteiger partial charge in [0.2, 0.25) is 0 Å². The van der Waals surface area contributed by atoms with Crippen LogP contribution >= 0.6 is 12.2 Å². The summed E-state index contributed by atoms with van der Waals surface area (Å²) in [4.78, 5) is 16.9. The first-order valence-corrected chi connectivity index (χ1v) is 4.87. The number of nitrogens with one attached hydrogen (secondary N) is 1. The van der Waals surface area contributed by atoms with Crippen LogP contribution in [0, 0.1) is 14.8 Å². The van der Waals surface area contributed by atoms with Gasteiger partial charge in [0.15, 0.2) is 0 Å². The van der Waals surface area contributed by atoms with E-state index in [0.29, 0.717) is 15.8 Å². The Bertz CT molecular complexity index is 594. The van der Waals surface area contributed by atoms with E-state index >= 15 is 0 Å². The van der Waals surface area contributed by atoms with E-state index in [1.54, 1.807) is 18.3 Å². The standard InChI is InChI=1S/C10H7N3O2S/c14-13(15)8-3-1-2-7(4-8)9-5-11-6-12-10(9)16/h1-6H,(H,11,12,16). The molecule has 0 aliphatic rings. The monoisotopic (exact) mass is 233 g/mol. The van der Waals surface area contributed by atoms with Gasteiger partial charge in [-0.3, -0.25) is 10.1 Å². The van der Waals surface area contributed by atoms with E-state index in [-0.39, 0.29) is 5.69 Å². The highest BCUT2D eigenvalue weighted by Crippen LogP contribution is 2.23. The number of nitrogens with zero attached hydrogens (tertiary/aromatic N) is 2. The van der Waals surface area contributed by atoms with Gasteiger partial charge in [0.25, 0.3) is 5.69 Å². The summed E-state index contributed by atoms with van der Waals surface area (Å²) < 4.78 is 0.510. The van der Waals surface area contributed by atoms with Crippen LogP contribution in [0.5, 0.6) is 0 Å². The van der Waals surface area contributed by atoms with Crippen LogP contribution in [0.15, 0.2) is 36.8 Å². The molecule has 0 unspecified atom stereocenters. The zero-order chi connectivity index (χ0) is 11.5. The van der Waals surface area contributed by atoms with Gasteiger partial charge < -0.3 is 4.98 Å². The lowest BCUT2D eigenvalue weighted by Crippen LogP contribution is -1.89. The second-order valence-electron chi connectivity index (χ2n) is 3.10. The van der Waals surface area contributed by atoms with Crippen molar-refractivity contribution in [2.24, 2.45) is 0 Å². The molecule has 0 atom stereocenters. The maximum atomic E-state index is 10.6. The van der Waals surface area contributed by atoms with Crippen molar-refractivity contribution in [3.63, 3.8) is 0 Å². The van der Waals surface area contributed by atoms with Gasteiger partial charge in [-0.1, -0.05) is 24.4 Å². The Morgan fingerprint density at radius 1 is 1.44 bits per heavy atom. The van der Waals surface area contributed by atoms with Crippen molar-refractivity contribution < 1.29 is 4.92 Å². The quantitative estimate of drug-likeness (QED) is 0.491. The first-order chi connectivity index (χ1) is 7.68. The van der Waals surface area contributed by atoms with E-state index in [1.807, 2.05) is 0 Å². The number of H-pyrrole nitrogens is 1. The van der Waals surface area contributed by atoms with Gasteiger partial charge in [0.05, 0.1) is 11.3 Å². The molecule has 0 aliphatic carbocycles. The number of rotatable bonds is 2. The van der Waals surface area contributed by atoms with Gasteiger partial charge >= 0.3 is 0 Å². The maximum Gasteiger partial charge on any atom is 0.270 e. The summed E-state index contributed by atoms with van der Waals surface area (Å²) in [5.41, 5.74) is 1.40. The molecule has 2 aromatic rings. The van der Waals surface area contributed by atoms with E-state index in [0.717, 1.165) is 0 Å². The van der Waals surface area contributed by atoms with Gasteiger partial charge in [-0.2, -0.15) is 0 Å². The molecular formula is C10H7N3O2S. The second kappa shape index (κ2) is 4.19. The summed E-state index contributed by atoms with van der Waals surface area (Å²) in [6.45, 7) is 0. The fraction of sp³-hybridized carbons (Fsp3) is 0. The zero-order valence-electron chi connectivity index (χ0n) is 8.08. The number of nitro groups is 1. The third-order valence-corrected chi connectivity index (χ3v) is 2.42. The molecule has 0 aliphatic heterocycles. The van der Waals surface area contributed by atoms with Crippen molar-refractivity contribution in [2.45, 2.75) is 0 Å². The average molecular weight is 233 g/mol. The van der Waals surface area contributed by atoms with Crippen LogP contribution in [0.3, 0.4) is 0 Å². The van der Waals surface area contributed by atoms with Crippen LogP contribution < -0.4 is 0 Å². The topological polar surface area (TPSA) is 71.8 Å². The molecule has 0 bridgehead atoms. The number of nitro benzene ring substituents is 1. The lowest BCUT2D eigenvalue weighted by molar-refractivity contribution is -0.384. The van der Waals surface area contributed by atoms with Crippen molar-refractivity contribution in [1.82, 2.24) is 9.97 Å². The number of aromatic nitrogens is 2. The van der Waals surface area contributed by atoms with Crippen LogP contribution in [0.4, 0.5) is 5.69 Å². The molecule has 0 amide bonds. The fourth-order valence-electron chi connectivity index (χ4n) is 1.34. The summed E-state index contributed by atoms with van der Waals surface area (Å²) in [5.74, 6) is 0. The Balaban J connectivity index is 2.57. The zero-order valence-corrected chi connectivity index (χ0v) is 8.90. The smallest absolute Gasteiger partial charge is 0.270 e. The summed E-state index contributed by atoms with van der Waals surface area (Å²) in [7, 11) is 0. The summed E-state index contributed by atoms with van der Waals surface area (Å²) in [5, 5.41) is 10.6. The molecule has 1 aromatic carbocycles. The summed E-state index contributed by atoms with van der Waals surface area (Å²) >= 11 is 5.08. The lowest BCUT2D eigenvalue weighted by Gasteiger charge is -2.00. The van der Waals surface area contributed by atoms with E-state index in [9.17, 15) is 10.1 Å². The highest BCUT2D eigenvalue weighted by Gasteiger charge is 2.07. The molecule has 0 radical (unpaired) electrons. The van der Waals surface area contributed by atoms with Crippen molar-refractivity contribution >= 4 is 17.9 Å². The molecular weight excluding hydrogens is 226 g/mol.